The first-order valence-corrected chi connectivity index (χ1v) is 4.65. The summed E-state index contributed by atoms with van der Waals surface area (Å²) in [5, 5.41) is 3.49. The lowest BCUT2D eigenvalue weighted by Crippen LogP contribution is -2.33. The molecule has 0 saturated heterocycles. The summed E-state index contributed by atoms with van der Waals surface area (Å²) in [5.41, 5.74) is 0. The summed E-state index contributed by atoms with van der Waals surface area (Å²) in [6.45, 7) is 4.35. The first-order chi connectivity index (χ1) is 5.22. The second kappa shape index (κ2) is 4.33. The third-order valence-corrected chi connectivity index (χ3v) is 2.40. The van der Waals surface area contributed by atoms with Crippen molar-refractivity contribution in [2.45, 2.75) is 51.3 Å². The van der Waals surface area contributed by atoms with Gasteiger partial charge in [0, 0.05) is 12.1 Å². The van der Waals surface area contributed by atoms with Crippen molar-refractivity contribution >= 4 is 12.9 Å². The minimum absolute atomic E-state index is 0.370. The Bertz CT molecular complexity index is 119. The summed E-state index contributed by atoms with van der Waals surface area (Å²) in [4.78, 5) is 0. The molecule has 0 bridgehead atoms. The summed E-state index contributed by atoms with van der Waals surface area (Å²) < 4.78 is 4.98. The first-order valence-electron chi connectivity index (χ1n) is 4.28. The molecule has 0 aromatic heterocycles. The molecule has 3 heteroatoms. The third kappa shape index (κ3) is 3.01. The summed E-state index contributed by atoms with van der Waals surface area (Å²) in [6.07, 6.45) is 3.86. The molecule has 66 valence electrons. The predicted octanol–water partition coefficient (Wildman–Crippen LogP) is 1.77. The highest BCUT2D eigenvalue weighted by Crippen LogP contribution is 2.22. The first kappa shape index (κ1) is 9.36. The van der Waals surface area contributed by atoms with Gasteiger partial charge in [-0.1, -0.05) is 13.8 Å². The molecule has 1 fully saturated rings. The summed E-state index contributed by atoms with van der Waals surface area (Å²) in [6, 6.07) is 1.23. The largest absolute Gasteiger partial charge is 0.315 e. The van der Waals surface area contributed by atoms with Crippen LogP contribution < -0.4 is 5.32 Å². The molecule has 0 aromatic rings. The zero-order valence-electron chi connectivity index (χ0n) is 7.21. The molecule has 0 radical (unpaired) electrons. The van der Waals surface area contributed by atoms with E-state index in [0.29, 0.717) is 18.2 Å². The van der Waals surface area contributed by atoms with E-state index in [1.165, 1.54) is 6.42 Å². The van der Waals surface area contributed by atoms with Gasteiger partial charge in [-0.05, 0) is 32.2 Å². The van der Waals surface area contributed by atoms with Crippen molar-refractivity contribution in [3.63, 3.8) is 0 Å². The molecule has 11 heavy (non-hydrogen) atoms. The van der Waals surface area contributed by atoms with Gasteiger partial charge in [-0.3, -0.25) is 0 Å². The Morgan fingerprint density at radius 2 is 2.18 bits per heavy atom. The normalized spacial score (nSPS) is 31.6. The van der Waals surface area contributed by atoms with Crippen molar-refractivity contribution in [1.29, 1.82) is 0 Å². The van der Waals surface area contributed by atoms with Crippen molar-refractivity contribution in [2.75, 3.05) is 0 Å². The maximum Gasteiger partial charge on any atom is 0.0734 e. The van der Waals surface area contributed by atoms with E-state index < -0.39 is 0 Å². The molecule has 0 amide bonds. The van der Waals surface area contributed by atoms with Crippen LogP contribution in [0.25, 0.3) is 0 Å². The fourth-order valence-electron chi connectivity index (χ4n) is 1.66. The maximum absolute atomic E-state index is 4.98. The van der Waals surface area contributed by atoms with Gasteiger partial charge in [-0.15, -0.1) is 0 Å². The molecular weight excluding hydrogens is 158 g/mol. The zero-order chi connectivity index (χ0) is 8.27. The summed E-state index contributed by atoms with van der Waals surface area (Å²) >= 11 is 3.82. The quantitative estimate of drug-likeness (QED) is 0.504. The van der Waals surface area contributed by atoms with Crippen molar-refractivity contribution in [3.05, 3.63) is 0 Å². The van der Waals surface area contributed by atoms with Crippen molar-refractivity contribution in [3.8, 4) is 0 Å². The number of hydrogen-bond donors (Lipinski definition) is 2. The minimum atomic E-state index is 0.370. The van der Waals surface area contributed by atoms with E-state index >= 15 is 0 Å². The van der Waals surface area contributed by atoms with Gasteiger partial charge in [0.1, 0.15) is 0 Å². The van der Waals surface area contributed by atoms with Gasteiger partial charge in [0.05, 0.1) is 6.10 Å². The summed E-state index contributed by atoms with van der Waals surface area (Å²) in [5.74, 6) is 0. The number of hydrogen-bond acceptors (Lipinski definition) is 3. The van der Waals surface area contributed by atoms with Crippen LogP contribution in [0.4, 0.5) is 0 Å². The molecule has 0 spiro atoms. The van der Waals surface area contributed by atoms with Crippen LogP contribution in [0.15, 0.2) is 0 Å². The van der Waals surface area contributed by atoms with Crippen LogP contribution in [-0.4, -0.2) is 18.2 Å². The molecule has 1 aliphatic carbocycles. The van der Waals surface area contributed by atoms with Gasteiger partial charge in [0.2, 0.25) is 0 Å². The number of rotatable bonds is 3. The van der Waals surface area contributed by atoms with Crippen LogP contribution >= 0.6 is 12.9 Å². The Morgan fingerprint density at radius 3 is 2.64 bits per heavy atom. The van der Waals surface area contributed by atoms with Gasteiger partial charge >= 0.3 is 0 Å². The van der Waals surface area contributed by atoms with Crippen molar-refractivity contribution < 1.29 is 4.18 Å². The number of nitrogens with one attached hydrogen (secondary N) is 1. The molecular formula is C8H17NOS. The van der Waals surface area contributed by atoms with Crippen molar-refractivity contribution in [1.82, 2.24) is 5.32 Å². The molecule has 1 aliphatic rings. The van der Waals surface area contributed by atoms with E-state index in [4.69, 9.17) is 4.18 Å². The van der Waals surface area contributed by atoms with Crippen LogP contribution in [0.1, 0.15) is 33.1 Å². The lowest BCUT2D eigenvalue weighted by Gasteiger charge is -2.15. The SMILES string of the molecule is CC(C)NC1CC[C@@H](OS)C1. The Labute approximate surface area is 74.3 Å². The highest BCUT2D eigenvalue weighted by molar-refractivity contribution is 7.75. The van der Waals surface area contributed by atoms with Gasteiger partial charge in [-0.2, -0.15) is 0 Å². The fourth-order valence-corrected chi connectivity index (χ4v) is 1.85. The van der Waals surface area contributed by atoms with Crippen LogP contribution in [0.2, 0.25) is 0 Å². The highest BCUT2D eigenvalue weighted by Gasteiger charge is 2.24. The van der Waals surface area contributed by atoms with Crippen LogP contribution in [-0.2, 0) is 4.18 Å². The van der Waals surface area contributed by atoms with Gasteiger partial charge in [0.15, 0.2) is 0 Å². The maximum atomic E-state index is 4.98. The Hall–Kier alpha value is 0.270. The smallest absolute Gasteiger partial charge is 0.0734 e. The molecule has 0 heterocycles. The van der Waals surface area contributed by atoms with Gasteiger partial charge in [-0.25, -0.2) is 0 Å². The molecule has 2 nitrogen and oxygen atoms in total. The predicted molar refractivity (Wildman–Crippen MR) is 49.8 cm³/mol. The lowest BCUT2D eigenvalue weighted by atomic mass is 10.2. The zero-order valence-corrected chi connectivity index (χ0v) is 8.10. The van der Waals surface area contributed by atoms with Gasteiger partial charge in [0.25, 0.3) is 0 Å². The van der Waals surface area contributed by atoms with Crippen molar-refractivity contribution in [2.24, 2.45) is 0 Å². The van der Waals surface area contributed by atoms with E-state index in [9.17, 15) is 0 Å². The lowest BCUT2D eigenvalue weighted by molar-refractivity contribution is 0.250. The molecule has 1 saturated carbocycles. The minimum Gasteiger partial charge on any atom is -0.315 e. The second-order valence-corrected chi connectivity index (χ2v) is 3.77. The second-order valence-electron chi connectivity index (χ2n) is 3.56. The van der Waals surface area contributed by atoms with E-state index in [1.807, 2.05) is 0 Å². The van der Waals surface area contributed by atoms with E-state index in [2.05, 4.69) is 32.1 Å². The topological polar surface area (TPSA) is 21.3 Å². The molecule has 1 rings (SSSR count). The van der Waals surface area contributed by atoms with E-state index in [1.54, 1.807) is 0 Å². The van der Waals surface area contributed by atoms with Crippen LogP contribution in [0, 0.1) is 0 Å². The average Bonchev–Trinajstić information content (AvgIpc) is 2.34. The molecule has 1 unspecified atom stereocenters. The molecule has 1 N–H and O–H groups in total. The fraction of sp³-hybridized carbons (Fsp3) is 1.00. The molecule has 0 aliphatic heterocycles. The van der Waals surface area contributed by atoms with Gasteiger partial charge < -0.3 is 9.50 Å². The van der Waals surface area contributed by atoms with Crippen LogP contribution in [0.3, 0.4) is 0 Å². The summed E-state index contributed by atoms with van der Waals surface area (Å²) in [7, 11) is 0. The standard InChI is InChI=1S/C8H17NOS/c1-6(2)9-7-3-4-8(5-7)10-11/h6-9,11H,3-5H2,1-2H3/t7?,8-/m1/s1. The Morgan fingerprint density at radius 1 is 1.45 bits per heavy atom. The molecule has 0 aromatic carbocycles. The van der Waals surface area contributed by atoms with E-state index in [-0.39, 0.29) is 0 Å². The van der Waals surface area contributed by atoms with Crippen LogP contribution in [0.5, 0.6) is 0 Å². The monoisotopic (exact) mass is 175 g/mol. The average molecular weight is 175 g/mol. The highest BCUT2D eigenvalue weighted by atomic mass is 32.1. The Balaban J connectivity index is 2.19. The Kier molecular flexibility index (Phi) is 3.69. The molecule has 2 atom stereocenters. The number of thiol groups is 1. The van der Waals surface area contributed by atoms with E-state index in [0.717, 1.165) is 12.8 Å². The third-order valence-electron chi connectivity index (χ3n) is 2.10.